The van der Waals surface area contributed by atoms with Gasteiger partial charge in [0.15, 0.2) is 6.29 Å². The number of benzene rings is 3. The van der Waals surface area contributed by atoms with Crippen molar-refractivity contribution in [2.45, 2.75) is 97.3 Å². The SMILES string of the molecule is CC[C@@H](c1ccccc1)[C@H](NC(=O)C(NC(=O)OC(C)(C)C)c1ccc(O[C@H](C)OC(C)(C)C)cc1)C(=O)Nc1ccc(Br)cc1Cl. The van der Waals surface area contributed by atoms with Crippen molar-refractivity contribution in [3.05, 3.63) is 93.4 Å². The van der Waals surface area contributed by atoms with E-state index in [1.165, 1.54) is 0 Å². The molecule has 0 aromatic heterocycles. The van der Waals surface area contributed by atoms with E-state index in [2.05, 4.69) is 31.9 Å². The van der Waals surface area contributed by atoms with Crippen LogP contribution < -0.4 is 20.7 Å². The molecule has 0 saturated carbocycles. The van der Waals surface area contributed by atoms with E-state index < -0.39 is 53.4 Å². The fourth-order valence-corrected chi connectivity index (χ4v) is 5.65. The van der Waals surface area contributed by atoms with Gasteiger partial charge in [-0.15, -0.1) is 0 Å². The molecule has 0 aliphatic heterocycles. The van der Waals surface area contributed by atoms with Gasteiger partial charge in [0, 0.05) is 10.4 Å². The number of halogens is 2. The Morgan fingerprint density at radius 1 is 0.830 bits per heavy atom. The van der Waals surface area contributed by atoms with E-state index in [0.717, 1.165) is 10.0 Å². The van der Waals surface area contributed by atoms with Crippen LogP contribution in [0.4, 0.5) is 10.5 Å². The summed E-state index contributed by atoms with van der Waals surface area (Å²) in [5, 5.41) is 8.83. The molecule has 3 aromatic rings. The van der Waals surface area contributed by atoms with Crippen molar-refractivity contribution in [2.24, 2.45) is 0 Å². The number of hydrogen-bond acceptors (Lipinski definition) is 6. The molecule has 1 unspecified atom stereocenters. The van der Waals surface area contributed by atoms with E-state index in [0.29, 0.717) is 28.4 Å². The molecule has 47 heavy (non-hydrogen) atoms. The molecule has 3 N–H and O–H groups in total. The largest absolute Gasteiger partial charge is 0.465 e. The number of amides is 3. The maximum atomic E-state index is 14.1. The Hall–Kier alpha value is -3.60. The minimum Gasteiger partial charge on any atom is -0.465 e. The van der Waals surface area contributed by atoms with Crippen LogP contribution in [-0.4, -0.2) is 41.4 Å². The highest BCUT2D eigenvalue weighted by molar-refractivity contribution is 9.10. The van der Waals surface area contributed by atoms with Crippen LogP contribution in [0.1, 0.15) is 84.9 Å². The third-order valence-corrected chi connectivity index (χ3v) is 7.60. The highest BCUT2D eigenvalue weighted by Gasteiger charge is 2.34. The summed E-state index contributed by atoms with van der Waals surface area (Å²) in [5.41, 5.74) is 0.501. The molecule has 0 saturated heterocycles. The highest BCUT2D eigenvalue weighted by atomic mass is 79.9. The van der Waals surface area contributed by atoms with Crippen LogP contribution in [0.25, 0.3) is 0 Å². The van der Waals surface area contributed by atoms with Crippen molar-refractivity contribution < 1.29 is 28.6 Å². The molecule has 3 rings (SSSR count). The second kappa shape index (κ2) is 16.5. The summed E-state index contributed by atoms with van der Waals surface area (Å²) in [4.78, 5) is 41.1. The molecular weight excluding hydrogens is 686 g/mol. The van der Waals surface area contributed by atoms with Crippen molar-refractivity contribution in [3.63, 3.8) is 0 Å². The first-order valence-electron chi connectivity index (χ1n) is 15.5. The maximum absolute atomic E-state index is 14.1. The average molecular weight is 731 g/mol. The lowest BCUT2D eigenvalue weighted by molar-refractivity contribution is -0.140. The summed E-state index contributed by atoms with van der Waals surface area (Å²) in [7, 11) is 0. The Morgan fingerprint density at radius 3 is 2.02 bits per heavy atom. The van der Waals surface area contributed by atoms with Crippen molar-refractivity contribution >= 4 is 51.1 Å². The number of rotatable bonds is 12. The fraction of sp³-hybridized carbons (Fsp3) is 0.417. The van der Waals surface area contributed by atoms with Crippen LogP contribution in [-0.2, 0) is 19.1 Å². The molecule has 254 valence electrons. The molecule has 0 aliphatic rings. The third kappa shape index (κ3) is 12.2. The second-order valence-electron chi connectivity index (χ2n) is 13.1. The Kier molecular flexibility index (Phi) is 13.3. The summed E-state index contributed by atoms with van der Waals surface area (Å²) in [6.07, 6.45) is -0.785. The van der Waals surface area contributed by atoms with Crippen molar-refractivity contribution in [1.29, 1.82) is 0 Å². The van der Waals surface area contributed by atoms with Crippen LogP contribution in [0, 0.1) is 0 Å². The van der Waals surface area contributed by atoms with Crippen molar-refractivity contribution in [1.82, 2.24) is 10.6 Å². The summed E-state index contributed by atoms with van der Waals surface area (Å²) in [6, 6.07) is 19.0. The van der Waals surface area contributed by atoms with Gasteiger partial charge in [0.2, 0.25) is 11.8 Å². The topological polar surface area (TPSA) is 115 Å². The van der Waals surface area contributed by atoms with Gasteiger partial charge in [0.25, 0.3) is 0 Å². The molecule has 0 fully saturated rings. The quantitative estimate of drug-likeness (QED) is 0.161. The van der Waals surface area contributed by atoms with Gasteiger partial charge >= 0.3 is 6.09 Å². The lowest BCUT2D eigenvalue weighted by Crippen LogP contribution is -2.51. The molecule has 0 spiro atoms. The number of carbonyl (C=O) groups excluding carboxylic acids is 3. The van der Waals surface area contributed by atoms with E-state index >= 15 is 0 Å². The molecule has 0 radical (unpaired) electrons. The lowest BCUT2D eigenvalue weighted by Gasteiger charge is -2.30. The van der Waals surface area contributed by atoms with Crippen LogP contribution in [0.5, 0.6) is 5.75 Å². The van der Waals surface area contributed by atoms with Gasteiger partial charge < -0.3 is 30.2 Å². The second-order valence-corrected chi connectivity index (χ2v) is 14.4. The Balaban J connectivity index is 1.96. The Labute approximate surface area is 291 Å². The summed E-state index contributed by atoms with van der Waals surface area (Å²) in [6.45, 7) is 14.7. The molecule has 9 nitrogen and oxygen atoms in total. The zero-order valence-corrected chi connectivity index (χ0v) is 30.5. The van der Waals surface area contributed by atoms with Gasteiger partial charge in [-0.2, -0.15) is 0 Å². The predicted octanol–water partition coefficient (Wildman–Crippen LogP) is 8.53. The van der Waals surface area contributed by atoms with Crippen LogP contribution in [0.3, 0.4) is 0 Å². The van der Waals surface area contributed by atoms with E-state index in [9.17, 15) is 14.4 Å². The normalized spacial score (nSPS) is 14.3. The fourth-order valence-electron chi connectivity index (χ4n) is 4.93. The number of nitrogens with one attached hydrogen (secondary N) is 3. The molecule has 0 aliphatic carbocycles. The van der Waals surface area contributed by atoms with Crippen molar-refractivity contribution in [2.75, 3.05) is 5.32 Å². The molecule has 0 bridgehead atoms. The summed E-state index contributed by atoms with van der Waals surface area (Å²) < 4.78 is 18.0. The smallest absolute Gasteiger partial charge is 0.408 e. The predicted molar refractivity (Wildman–Crippen MR) is 189 cm³/mol. The highest BCUT2D eigenvalue weighted by Crippen LogP contribution is 2.29. The van der Waals surface area contributed by atoms with E-state index in [4.69, 9.17) is 25.8 Å². The molecule has 3 amide bonds. The number of ether oxygens (including phenoxy) is 3. The van der Waals surface area contributed by atoms with E-state index in [-0.39, 0.29) is 0 Å². The van der Waals surface area contributed by atoms with Gasteiger partial charge in [-0.3, -0.25) is 9.59 Å². The minimum absolute atomic E-state index is 0.333. The number of hydrogen-bond donors (Lipinski definition) is 3. The van der Waals surface area contributed by atoms with E-state index in [1.807, 2.05) is 58.0 Å². The maximum Gasteiger partial charge on any atom is 0.408 e. The summed E-state index contributed by atoms with van der Waals surface area (Å²) in [5.74, 6) is -0.964. The van der Waals surface area contributed by atoms with Crippen LogP contribution >= 0.6 is 27.5 Å². The average Bonchev–Trinajstić information content (AvgIpc) is 2.96. The molecule has 11 heteroatoms. The standard InChI is InChI=1S/C36H45BrClN3O6/c1-9-27(23-13-11-10-12-14-23)31(33(43)39-29-20-17-25(37)21-28(29)38)40-32(42)30(41-34(44)47-36(6,7)8)24-15-18-26(19-16-24)45-22(2)46-35(3,4)5/h10-22,27,30-31H,9H2,1-8H3,(H,39,43)(H,40,42)(H,41,44)/t22-,27-,30?,31-/m0/s1. The van der Waals surface area contributed by atoms with Crippen LogP contribution in [0.2, 0.25) is 5.02 Å². The van der Waals surface area contributed by atoms with Gasteiger partial charge in [-0.05, 0) is 96.3 Å². The first-order chi connectivity index (χ1) is 22.0. The summed E-state index contributed by atoms with van der Waals surface area (Å²) >= 11 is 9.80. The van der Waals surface area contributed by atoms with Crippen molar-refractivity contribution in [3.8, 4) is 5.75 Å². The monoisotopic (exact) mass is 729 g/mol. The molecule has 0 heterocycles. The zero-order valence-electron chi connectivity index (χ0n) is 28.2. The van der Waals surface area contributed by atoms with Gasteiger partial charge in [-0.25, -0.2) is 4.79 Å². The lowest BCUT2D eigenvalue weighted by atomic mass is 9.88. The zero-order chi connectivity index (χ0) is 34.9. The minimum atomic E-state index is -1.21. The first-order valence-corrected chi connectivity index (χ1v) is 16.7. The first kappa shape index (κ1) is 37.9. The number of carbonyl (C=O) groups is 3. The molecule has 4 atom stereocenters. The van der Waals surface area contributed by atoms with Gasteiger partial charge in [0.05, 0.1) is 16.3 Å². The third-order valence-electron chi connectivity index (χ3n) is 6.80. The number of anilines is 1. The number of alkyl carbamates (subject to hydrolysis) is 1. The van der Waals surface area contributed by atoms with Gasteiger partial charge in [-0.1, -0.05) is 76.9 Å². The van der Waals surface area contributed by atoms with Crippen LogP contribution in [0.15, 0.2) is 77.3 Å². The Bertz CT molecular complexity index is 1510. The Morgan fingerprint density at radius 2 is 1.47 bits per heavy atom. The molecular formula is C36H45BrClN3O6. The van der Waals surface area contributed by atoms with Gasteiger partial charge in [0.1, 0.15) is 23.4 Å². The van der Waals surface area contributed by atoms with E-state index in [1.54, 1.807) is 70.2 Å². The molecule has 3 aromatic carbocycles.